The molecule has 122 valence electrons. The van der Waals surface area contributed by atoms with E-state index in [4.69, 9.17) is 16.2 Å². The summed E-state index contributed by atoms with van der Waals surface area (Å²) in [7, 11) is 1.29. The van der Waals surface area contributed by atoms with E-state index in [-0.39, 0.29) is 29.2 Å². The van der Waals surface area contributed by atoms with E-state index < -0.39 is 12.0 Å². The quantitative estimate of drug-likeness (QED) is 0.373. The third-order valence-corrected chi connectivity index (χ3v) is 3.91. The Labute approximate surface area is 133 Å². The molecule has 22 heavy (non-hydrogen) atoms. The number of carbonyl (C=O) groups is 2. The summed E-state index contributed by atoms with van der Waals surface area (Å²) in [5.74, 6) is -0.277. The number of carbonyl (C=O) groups excluding carboxylic acids is 2. The number of ether oxygens (including phenoxy) is 1. The number of rotatable bonds is 7. The monoisotopic (exact) mass is 327 g/mol. The molecule has 0 fully saturated rings. The predicted octanol–water partition coefficient (Wildman–Crippen LogP) is 0.437. The van der Waals surface area contributed by atoms with Crippen LogP contribution in [0.15, 0.2) is 11.2 Å². The number of amides is 1. The van der Waals surface area contributed by atoms with Crippen LogP contribution in [0.25, 0.3) is 0 Å². The van der Waals surface area contributed by atoms with Crippen molar-refractivity contribution in [3.8, 4) is 0 Å². The Bertz CT molecular complexity index is 520. The summed E-state index contributed by atoms with van der Waals surface area (Å²) in [4.78, 5) is 31.6. The zero-order valence-corrected chi connectivity index (χ0v) is 13.6. The van der Waals surface area contributed by atoms with E-state index in [2.05, 4.69) is 15.3 Å². The molecule has 0 unspecified atom stereocenters. The highest BCUT2D eigenvalue weighted by atomic mass is 32.2. The fourth-order valence-corrected chi connectivity index (χ4v) is 2.35. The van der Waals surface area contributed by atoms with E-state index in [1.165, 1.54) is 13.2 Å². The van der Waals surface area contributed by atoms with Crippen molar-refractivity contribution < 1.29 is 14.3 Å². The number of anilines is 2. The molecule has 0 aliphatic rings. The van der Waals surface area contributed by atoms with Gasteiger partial charge in [0.1, 0.15) is 17.7 Å². The number of thioether (sulfide) groups is 1. The summed E-state index contributed by atoms with van der Waals surface area (Å²) < 4.78 is 4.71. The van der Waals surface area contributed by atoms with Crippen molar-refractivity contribution in [2.24, 2.45) is 5.92 Å². The van der Waals surface area contributed by atoms with Gasteiger partial charge in [-0.1, -0.05) is 32.0 Å². The largest absolute Gasteiger partial charge is 0.467 e. The minimum absolute atomic E-state index is 0.0272. The molecule has 1 aromatic heterocycles. The smallest absolute Gasteiger partial charge is 0.328 e. The highest BCUT2D eigenvalue weighted by molar-refractivity contribution is 7.99. The number of nitrogens with zero attached hydrogens (tertiary/aromatic N) is 2. The van der Waals surface area contributed by atoms with Crippen molar-refractivity contribution in [2.75, 3.05) is 24.3 Å². The van der Waals surface area contributed by atoms with E-state index in [1.807, 2.05) is 13.8 Å². The second-order valence-electron chi connectivity index (χ2n) is 4.74. The van der Waals surface area contributed by atoms with Crippen LogP contribution in [-0.2, 0) is 14.3 Å². The first kappa shape index (κ1) is 18.0. The molecule has 0 aliphatic carbocycles. The Morgan fingerprint density at radius 3 is 2.45 bits per heavy atom. The molecule has 1 rings (SSSR count). The van der Waals surface area contributed by atoms with Crippen LogP contribution in [0, 0.1) is 5.92 Å². The van der Waals surface area contributed by atoms with Gasteiger partial charge < -0.3 is 21.5 Å². The Morgan fingerprint density at radius 2 is 1.95 bits per heavy atom. The van der Waals surface area contributed by atoms with Crippen LogP contribution < -0.4 is 16.8 Å². The molecule has 1 amide bonds. The summed E-state index contributed by atoms with van der Waals surface area (Å²) in [6.45, 7) is 3.81. The molecule has 0 saturated heterocycles. The first-order valence-electron chi connectivity index (χ1n) is 6.77. The van der Waals surface area contributed by atoms with E-state index in [1.54, 1.807) is 0 Å². The molecule has 9 heteroatoms. The first-order valence-corrected chi connectivity index (χ1v) is 7.76. The molecule has 0 aliphatic heterocycles. The Kier molecular flexibility index (Phi) is 6.90. The van der Waals surface area contributed by atoms with Gasteiger partial charge in [-0.05, 0) is 5.92 Å². The minimum Gasteiger partial charge on any atom is -0.467 e. The molecule has 1 heterocycles. The molecule has 0 aromatic carbocycles. The SMILES string of the molecule is CC[C@H](C)[C@H](NC(=O)CSc1nc(N)cc(N)n1)C(=O)OC. The number of esters is 1. The van der Waals surface area contributed by atoms with Crippen LogP contribution >= 0.6 is 11.8 Å². The Hall–Kier alpha value is -2.03. The van der Waals surface area contributed by atoms with Gasteiger partial charge in [0.25, 0.3) is 0 Å². The average Bonchev–Trinajstić information content (AvgIpc) is 2.48. The summed E-state index contributed by atoms with van der Waals surface area (Å²) in [6, 6.07) is 0.760. The lowest BCUT2D eigenvalue weighted by Gasteiger charge is -2.21. The maximum absolute atomic E-state index is 12.0. The summed E-state index contributed by atoms with van der Waals surface area (Å²) in [5.41, 5.74) is 11.1. The number of nitrogens with one attached hydrogen (secondary N) is 1. The highest BCUT2D eigenvalue weighted by Crippen LogP contribution is 2.16. The van der Waals surface area contributed by atoms with E-state index >= 15 is 0 Å². The number of hydrogen-bond acceptors (Lipinski definition) is 8. The summed E-state index contributed by atoms with van der Waals surface area (Å²) in [6.07, 6.45) is 0.738. The van der Waals surface area contributed by atoms with Gasteiger partial charge in [-0.15, -0.1) is 0 Å². The lowest BCUT2D eigenvalue weighted by molar-refractivity contribution is -0.146. The molecular formula is C13H21N5O3S. The summed E-state index contributed by atoms with van der Waals surface area (Å²) in [5, 5.41) is 2.98. The van der Waals surface area contributed by atoms with Crippen molar-refractivity contribution >= 4 is 35.3 Å². The first-order chi connectivity index (χ1) is 10.4. The van der Waals surface area contributed by atoms with Crippen LogP contribution in [0.3, 0.4) is 0 Å². The third-order valence-electron chi connectivity index (χ3n) is 3.06. The molecule has 5 N–H and O–H groups in total. The van der Waals surface area contributed by atoms with Crippen LogP contribution in [0.5, 0.6) is 0 Å². The van der Waals surface area contributed by atoms with Crippen molar-refractivity contribution in [3.05, 3.63) is 6.07 Å². The van der Waals surface area contributed by atoms with Gasteiger partial charge in [0.15, 0.2) is 5.16 Å². The van der Waals surface area contributed by atoms with Crippen LogP contribution in [0.4, 0.5) is 11.6 Å². The summed E-state index contributed by atoms with van der Waals surface area (Å²) >= 11 is 1.09. The van der Waals surface area contributed by atoms with Gasteiger partial charge in [-0.25, -0.2) is 14.8 Å². The highest BCUT2D eigenvalue weighted by Gasteiger charge is 2.26. The van der Waals surface area contributed by atoms with Gasteiger partial charge in [-0.3, -0.25) is 4.79 Å². The van der Waals surface area contributed by atoms with Gasteiger partial charge >= 0.3 is 5.97 Å². The molecular weight excluding hydrogens is 306 g/mol. The number of hydrogen-bond donors (Lipinski definition) is 3. The third kappa shape index (κ3) is 5.40. The molecule has 0 spiro atoms. The lowest BCUT2D eigenvalue weighted by Crippen LogP contribution is -2.46. The Balaban J connectivity index is 2.62. The molecule has 2 atom stereocenters. The fourth-order valence-electron chi connectivity index (χ4n) is 1.67. The molecule has 0 radical (unpaired) electrons. The lowest BCUT2D eigenvalue weighted by atomic mass is 9.99. The Morgan fingerprint density at radius 1 is 1.36 bits per heavy atom. The predicted molar refractivity (Wildman–Crippen MR) is 85.0 cm³/mol. The van der Waals surface area contributed by atoms with Crippen molar-refractivity contribution in [3.63, 3.8) is 0 Å². The van der Waals surface area contributed by atoms with Crippen molar-refractivity contribution in [2.45, 2.75) is 31.5 Å². The standard InChI is InChI=1S/C13H21N5O3S/c1-4-7(2)11(12(20)21-3)18-10(19)6-22-13-16-8(14)5-9(15)17-13/h5,7,11H,4,6H2,1-3H3,(H,18,19)(H4,14,15,16,17)/t7-,11-/m0/s1. The number of methoxy groups -OCH3 is 1. The maximum atomic E-state index is 12.0. The second-order valence-corrected chi connectivity index (χ2v) is 5.69. The van der Waals surface area contributed by atoms with Crippen LogP contribution in [0.1, 0.15) is 20.3 Å². The van der Waals surface area contributed by atoms with Gasteiger partial charge in [0, 0.05) is 6.07 Å². The fraction of sp³-hybridized carbons (Fsp3) is 0.538. The average molecular weight is 327 g/mol. The second kappa shape index (κ2) is 8.42. The molecule has 0 bridgehead atoms. The van der Waals surface area contributed by atoms with Crippen molar-refractivity contribution in [1.29, 1.82) is 0 Å². The van der Waals surface area contributed by atoms with Crippen molar-refractivity contribution in [1.82, 2.24) is 15.3 Å². The number of aromatic nitrogens is 2. The van der Waals surface area contributed by atoms with E-state index in [0.29, 0.717) is 5.16 Å². The number of nitrogens with two attached hydrogens (primary N) is 2. The van der Waals surface area contributed by atoms with Gasteiger partial charge in [-0.2, -0.15) is 0 Å². The molecule has 0 saturated carbocycles. The zero-order chi connectivity index (χ0) is 16.7. The number of nitrogen functional groups attached to an aromatic ring is 2. The van der Waals surface area contributed by atoms with Gasteiger partial charge in [0.05, 0.1) is 12.9 Å². The zero-order valence-electron chi connectivity index (χ0n) is 12.8. The maximum Gasteiger partial charge on any atom is 0.328 e. The molecule has 1 aromatic rings. The minimum atomic E-state index is -0.671. The molecule has 8 nitrogen and oxygen atoms in total. The van der Waals surface area contributed by atoms with Gasteiger partial charge in [0.2, 0.25) is 5.91 Å². The van der Waals surface area contributed by atoms with Crippen LogP contribution in [0.2, 0.25) is 0 Å². The van der Waals surface area contributed by atoms with E-state index in [9.17, 15) is 9.59 Å². The van der Waals surface area contributed by atoms with E-state index in [0.717, 1.165) is 18.2 Å². The normalized spacial score (nSPS) is 13.2. The van der Waals surface area contributed by atoms with Crippen LogP contribution in [-0.4, -0.2) is 40.7 Å². The topological polar surface area (TPSA) is 133 Å².